The Labute approximate surface area is 184 Å². The topological polar surface area (TPSA) is 27.7 Å². The predicted molar refractivity (Wildman–Crippen MR) is 117 cm³/mol. The summed E-state index contributed by atoms with van der Waals surface area (Å²) in [6.45, 7) is 0. The minimum Gasteiger partial charge on any atom is -0.497 e. The van der Waals surface area contributed by atoms with Crippen molar-refractivity contribution in [3.8, 4) is 17.2 Å². The third kappa shape index (κ3) is 5.14. The average molecular weight is 437 g/mol. The van der Waals surface area contributed by atoms with E-state index in [0.29, 0.717) is 40.4 Å². The maximum Gasteiger partial charge on any atom is 0.573 e. The van der Waals surface area contributed by atoms with E-state index in [4.69, 9.17) is 9.47 Å². The number of rotatable bonds is 6. The molecule has 0 fully saturated rings. The number of hydrogen-bond acceptors (Lipinski definition) is 3. The van der Waals surface area contributed by atoms with Gasteiger partial charge in [0.2, 0.25) is 0 Å². The normalized spacial score (nSPS) is 14.1. The Hall–Kier alpha value is -3.67. The molecule has 0 spiro atoms. The second-order valence-corrected chi connectivity index (χ2v) is 7.01. The van der Waals surface area contributed by atoms with Gasteiger partial charge in [-0.1, -0.05) is 42.5 Å². The highest BCUT2D eigenvalue weighted by Gasteiger charge is 2.35. The molecule has 0 saturated heterocycles. The van der Waals surface area contributed by atoms with E-state index >= 15 is 0 Å². The van der Waals surface area contributed by atoms with Gasteiger partial charge in [0.05, 0.1) is 7.11 Å². The second kappa shape index (κ2) is 9.22. The molecule has 0 bridgehead atoms. The molecule has 6 heteroatoms. The molecule has 1 aliphatic carbocycles. The maximum atomic E-state index is 13.1. The zero-order chi connectivity index (χ0) is 22.6. The van der Waals surface area contributed by atoms with Gasteiger partial charge in [-0.3, -0.25) is 0 Å². The number of methoxy groups -OCH3 is 1. The summed E-state index contributed by atoms with van der Waals surface area (Å²) in [6, 6.07) is 23.3. The van der Waals surface area contributed by atoms with Gasteiger partial charge in [0, 0.05) is 5.57 Å². The standard InChI is InChI=1S/C26H20F3O3/c1-30-20-14-10-18(11-15-20)23-8-5-9-24(32-26(27,28)29)25(23)19-12-16-22(17-13-19)31-21-6-3-2-4-7-21/h2-4,6-17H,5H2,1H3. The minimum absolute atomic E-state index is 0.220. The first-order valence-electron chi connectivity index (χ1n) is 9.94. The largest absolute Gasteiger partial charge is 0.573 e. The van der Waals surface area contributed by atoms with Gasteiger partial charge in [0.15, 0.2) is 0 Å². The van der Waals surface area contributed by atoms with Gasteiger partial charge >= 0.3 is 6.36 Å². The van der Waals surface area contributed by atoms with Gasteiger partial charge < -0.3 is 14.2 Å². The highest BCUT2D eigenvalue weighted by molar-refractivity contribution is 6.01. The molecule has 0 aromatic heterocycles. The first-order valence-corrected chi connectivity index (χ1v) is 9.94. The van der Waals surface area contributed by atoms with Crippen LogP contribution < -0.4 is 9.47 Å². The second-order valence-electron chi connectivity index (χ2n) is 7.01. The molecule has 3 aromatic carbocycles. The zero-order valence-electron chi connectivity index (χ0n) is 17.2. The Bertz CT molecular complexity index is 1110. The molecule has 3 nitrogen and oxygen atoms in total. The lowest BCUT2D eigenvalue weighted by Gasteiger charge is -2.24. The third-order valence-electron chi connectivity index (χ3n) is 4.89. The lowest BCUT2D eigenvalue weighted by molar-refractivity contribution is -0.302. The summed E-state index contributed by atoms with van der Waals surface area (Å²) in [5, 5.41) is 0. The van der Waals surface area contributed by atoms with Gasteiger partial charge in [-0.2, -0.15) is 0 Å². The van der Waals surface area contributed by atoms with Crippen LogP contribution in [0.15, 0.2) is 90.7 Å². The summed E-state index contributed by atoms with van der Waals surface area (Å²) < 4.78 is 54.8. The Kier molecular flexibility index (Phi) is 6.21. The summed E-state index contributed by atoms with van der Waals surface area (Å²) in [7, 11) is 1.56. The number of halogens is 3. The van der Waals surface area contributed by atoms with Crippen molar-refractivity contribution >= 4 is 11.1 Å². The number of allylic oxidation sites excluding steroid dienone is 3. The molecule has 0 saturated carbocycles. The SMILES string of the molecule is COc1ccc(C2=C(c3ccc(Oc4ccccc4)cc3)C(OC(F)(F)F)=CC[CH]2)cc1. The molecule has 32 heavy (non-hydrogen) atoms. The van der Waals surface area contributed by atoms with E-state index in [1.54, 1.807) is 43.5 Å². The Morgan fingerprint density at radius 3 is 1.94 bits per heavy atom. The molecule has 0 atom stereocenters. The summed E-state index contributed by atoms with van der Waals surface area (Å²) in [4.78, 5) is 0. The Morgan fingerprint density at radius 1 is 0.719 bits per heavy atom. The highest BCUT2D eigenvalue weighted by atomic mass is 19.4. The first-order chi connectivity index (χ1) is 15.4. The van der Waals surface area contributed by atoms with Crippen molar-refractivity contribution in [1.82, 2.24) is 0 Å². The van der Waals surface area contributed by atoms with Gasteiger partial charge in [-0.15, -0.1) is 13.2 Å². The van der Waals surface area contributed by atoms with Crippen molar-refractivity contribution < 1.29 is 27.4 Å². The molecule has 4 rings (SSSR count). The quantitative estimate of drug-likeness (QED) is 0.401. The van der Waals surface area contributed by atoms with Crippen LogP contribution in [0.4, 0.5) is 13.2 Å². The van der Waals surface area contributed by atoms with E-state index in [1.807, 2.05) is 48.9 Å². The highest BCUT2D eigenvalue weighted by Crippen LogP contribution is 2.41. The summed E-state index contributed by atoms with van der Waals surface area (Å²) in [5.41, 5.74) is 2.38. The number of hydrogen-bond donors (Lipinski definition) is 0. The van der Waals surface area contributed by atoms with E-state index in [2.05, 4.69) is 4.74 Å². The van der Waals surface area contributed by atoms with Crippen LogP contribution in [-0.4, -0.2) is 13.5 Å². The number of alkyl halides is 3. The average Bonchev–Trinajstić information content (AvgIpc) is 2.79. The van der Waals surface area contributed by atoms with Crippen molar-refractivity contribution in [3.05, 3.63) is 108 Å². The Morgan fingerprint density at radius 2 is 1.31 bits per heavy atom. The molecule has 0 heterocycles. The van der Waals surface area contributed by atoms with Crippen LogP contribution >= 0.6 is 0 Å². The van der Waals surface area contributed by atoms with Crippen molar-refractivity contribution in [3.63, 3.8) is 0 Å². The summed E-state index contributed by atoms with van der Waals surface area (Å²) in [5.74, 6) is 1.69. The van der Waals surface area contributed by atoms with Gasteiger partial charge in [-0.25, -0.2) is 0 Å². The molecule has 0 N–H and O–H groups in total. The lowest BCUT2D eigenvalue weighted by atomic mass is 9.86. The van der Waals surface area contributed by atoms with E-state index in [0.717, 1.165) is 5.56 Å². The predicted octanol–water partition coefficient (Wildman–Crippen LogP) is 7.43. The third-order valence-corrected chi connectivity index (χ3v) is 4.89. The monoisotopic (exact) mass is 437 g/mol. The first kappa shape index (κ1) is 21.6. The fourth-order valence-corrected chi connectivity index (χ4v) is 3.48. The van der Waals surface area contributed by atoms with Crippen LogP contribution in [-0.2, 0) is 4.74 Å². The molecule has 163 valence electrons. The zero-order valence-corrected chi connectivity index (χ0v) is 17.2. The van der Waals surface area contributed by atoms with Crippen LogP contribution in [0.1, 0.15) is 17.5 Å². The van der Waals surface area contributed by atoms with Crippen molar-refractivity contribution in [2.24, 2.45) is 0 Å². The summed E-state index contributed by atoms with van der Waals surface area (Å²) >= 11 is 0. The molecule has 1 aliphatic rings. The molecular formula is C26H20F3O3. The fraction of sp³-hybridized carbons (Fsp3) is 0.115. The van der Waals surface area contributed by atoms with Crippen LogP contribution in [0, 0.1) is 6.42 Å². The fourth-order valence-electron chi connectivity index (χ4n) is 3.48. The molecular weight excluding hydrogens is 417 g/mol. The molecule has 0 aliphatic heterocycles. The molecule has 1 radical (unpaired) electrons. The van der Waals surface area contributed by atoms with E-state index in [-0.39, 0.29) is 5.76 Å². The lowest BCUT2D eigenvalue weighted by Crippen LogP contribution is -2.16. The van der Waals surface area contributed by atoms with Gasteiger partial charge in [-0.05, 0) is 72.0 Å². The van der Waals surface area contributed by atoms with Crippen LogP contribution in [0.5, 0.6) is 17.2 Å². The maximum absolute atomic E-state index is 13.1. The van der Waals surface area contributed by atoms with Gasteiger partial charge in [0.25, 0.3) is 0 Å². The van der Waals surface area contributed by atoms with Crippen molar-refractivity contribution in [1.29, 1.82) is 0 Å². The van der Waals surface area contributed by atoms with Crippen molar-refractivity contribution in [2.45, 2.75) is 12.8 Å². The molecule has 0 amide bonds. The van der Waals surface area contributed by atoms with E-state index in [1.165, 1.54) is 6.08 Å². The van der Waals surface area contributed by atoms with Gasteiger partial charge in [0.1, 0.15) is 23.0 Å². The van der Waals surface area contributed by atoms with Crippen molar-refractivity contribution in [2.75, 3.05) is 7.11 Å². The number of ether oxygens (including phenoxy) is 3. The smallest absolute Gasteiger partial charge is 0.497 e. The van der Waals surface area contributed by atoms with E-state index < -0.39 is 6.36 Å². The Balaban J connectivity index is 1.73. The number of benzene rings is 3. The van der Waals surface area contributed by atoms with Crippen LogP contribution in [0.25, 0.3) is 11.1 Å². The summed E-state index contributed by atoms with van der Waals surface area (Å²) in [6.07, 6.45) is -1.15. The van der Waals surface area contributed by atoms with E-state index in [9.17, 15) is 13.2 Å². The number of para-hydroxylation sites is 1. The molecule has 3 aromatic rings. The van der Waals surface area contributed by atoms with Crippen LogP contribution in [0.3, 0.4) is 0 Å². The van der Waals surface area contributed by atoms with Crippen LogP contribution in [0.2, 0.25) is 0 Å². The molecule has 0 unspecified atom stereocenters. The minimum atomic E-state index is -4.80.